The molecule has 33 heavy (non-hydrogen) atoms. The molecule has 0 spiro atoms. The number of halogens is 1. The highest BCUT2D eigenvalue weighted by Gasteiger charge is 2.25. The predicted octanol–water partition coefficient (Wildman–Crippen LogP) is 2.50. The summed E-state index contributed by atoms with van der Waals surface area (Å²) in [6.07, 6.45) is 2.41. The van der Waals surface area contributed by atoms with Crippen LogP contribution in [0.2, 0.25) is 0 Å². The SMILES string of the molecule is CN(C)CCOc1ccc([C@H]2CN(c3nc(-c4ccncc4F)cc(=O)n3C)CCO2)cc1. The summed E-state index contributed by atoms with van der Waals surface area (Å²) in [5.41, 5.74) is 1.29. The number of likely N-dealkylation sites (N-methyl/N-ethyl adjacent to an activating group) is 1. The Hall–Kier alpha value is -3.30. The molecule has 0 bridgehead atoms. The van der Waals surface area contributed by atoms with Gasteiger partial charge in [-0.1, -0.05) is 12.1 Å². The largest absolute Gasteiger partial charge is 0.492 e. The first-order chi connectivity index (χ1) is 15.9. The zero-order valence-corrected chi connectivity index (χ0v) is 19.1. The number of benzene rings is 1. The topological polar surface area (TPSA) is 72.7 Å². The number of pyridine rings is 1. The van der Waals surface area contributed by atoms with Crippen molar-refractivity contribution in [2.45, 2.75) is 6.10 Å². The molecular formula is C24H28FN5O3. The van der Waals surface area contributed by atoms with Crippen LogP contribution >= 0.6 is 0 Å². The van der Waals surface area contributed by atoms with E-state index in [1.54, 1.807) is 7.05 Å². The molecule has 174 valence electrons. The molecule has 1 fully saturated rings. The maximum atomic E-state index is 14.3. The minimum Gasteiger partial charge on any atom is -0.492 e. The molecule has 0 unspecified atom stereocenters. The third-order valence-electron chi connectivity index (χ3n) is 5.57. The van der Waals surface area contributed by atoms with Crippen LogP contribution in [-0.2, 0) is 11.8 Å². The van der Waals surface area contributed by atoms with Crippen molar-refractivity contribution >= 4 is 5.95 Å². The molecule has 1 aliphatic rings. The number of rotatable bonds is 7. The highest BCUT2D eigenvalue weighted by atomic mass is 19.1. The van der Waals surface area contributed by atoms with Crippen LogP contribution < -0.4 is 15.2 Å². The summed E-state index contributed by atoms with van der Waals surface area (Å²) in [5, 5.41) is 0. The Kier molecular flexibility index (Phi) is 7.00. The van der Waals surface area contributed by atoms with Gasteiger partial charge in [-0.25, -0.2) is 9.37 Å². The van der Waals surface area contributed by atoms with Gasteiger partial charge in [-0.15, -0.1) is 0 Å². The van der Waals surface area contributed by atoms with Gasteiger partial charge in [0.05, 0.1) is 25.0 Å². The average molecular weight is 454 g/mol. The van der Waals surface area contributed by atoms with Gasteiger partial charge < -0.3 is 19.3 Å². The molecule has 1 aromatic carbocycles. The van der Waals surface area contributed by atoms with Gasteiger partial charge in [0.1, 0.15) is 18.5 Å². The van der Waals surface area contributed by atoms with E-state index in [0.29, 0.717) is 32.3 Å². The minimum absolute atomic E-state index is 0.187. The number of aromatic nitrogens is 3. The Labute approximate surface area is 192 Å². The van der Waals surface area contributed by atoms with Gasteiger partial charge in [0.2, 0.25) is 5.95 Å². The smallest absolute Gasteiger partial charge is 0.255 e. The van der Waals surface area contributed by atoms with Crippen LogP contribution in [0.5, 0.6) is 5.75 Å². The monoisotopic (exact) mass is 453 g/mol. The summed E-state index contributed by atoms with van der Waals surface area (Å²) in [6.45, 7) is 3.04. The molecule has 0 N–H and O–H groups in total. The standard InChI is InChI=1S/C24H28FN5O3/c1-28(2)10-12-32-18-6-4-17(5-7-18)22-16-30(11-13-33-22)24-27-21(14-23(31)29(24)3)19-8-9-26-15-20(19)25/h4-9,14-15,22H,10-13,16H2,1-3H3/t22-/m1/s1. The van der Waals surface area contributed by atoms with E-state index in [-0.39, 0.29) is 22.9 Å². The molecule has 1 atom stereocenters. The summed E-state index contributed by atoms with van der Waals surface area (Å²) in [6, 6.07) is 10.7. The van der Waals surface area contributed by atoms with Crippen molar-refractivity contribution in [1.29, 1.82) is 0 Å². The van der Waals surface area contributed by atoms with Crippen molar-refractivity contribution in [2.24, 2.45) is 7.05 Å². The fourth-order valence-electron chi connectivity index (χ4n) is 3.69. The maximum Gasteiger partial charge on any atom is 0.255 e. The lowest BCUT2D eigenvalue weighted by molar-refractivity contribution is 0.0389. The first kappa shape index (κ1) is 22.9. The van der Waals surface area contributed by atoms with Gasteiger partial charge in [0.25, 0.3) is 5.56 Å². The zero-order chi connectivity index (χ0) is 23.4. The van der Waals surface area contributed by atoms with Gasteiger partial charge in [-0.05, 0) is 37.9 Å². The van der Waals surface area contributed by atoms with Crippen LogP contribution in [0.15, 0.2) is 53.6 Å². The third-order valence-corrected chi connectivity index (χ3v) is 5.57. The lowest BCUT2D eigenvalue weighted by Crippen LogP contribution is -2.41. The van der Waals surface area contributed by atoms with Gasteiger partial charge in [0, 0.05) is 38.0 Å². The quantitative estimate of drug-likeness (QED) is 0.544. The molecule has 3 aromatic rings. The molecule has 0 aliphatic carbocycles. The second kappa shape index (κ2) is 10.1. The van der Waals surface area contributed by atoms with E-state index >= 15 is 0 Å². The van der Waals surface area contributed by atoms with Gasteiger partial charge >= 0.3 is 0 Å². The second-order valence-electron chi connectivity index (χ2n) is 8.22. The van der Waals surface area contributed by atoms with Crippen molar-refractivity contribution in [3.63, 3.8) is 0 Å². The Bertz CT molecular complexity index is 1150. The van der Waals surface area contributed by atoms with E-state index in [1.165, 1.54) is 22.9 Å². The number of anilines is 1. The summed E-state index contributed by atoms with van der Waals surface area (Å²) in [7, 11) is 5.68. The molecule has 2 aromatic heterocycles. The van der Waals surface area contributed by atoms with E-state index in [0.717, 1.165) is 24.1 Å². The molecule has 1 aliphatic heterocycles. The van der Waals surface area contributed by atoms with Crippen LogP contribution in [0.3, 0.4) is 0 Å². The van der Waals surface area contributed by atoms with Crippen molar-refractivity contribution in [3.05, 3.63) is 70.5 Å². The second-order valence-corrected chi connectivity index (χ2v) is 8.22. The highest BCUT2D eigenvalue weighted by molar-refractivity contribution is 5.60. The van der Waals surface area contributed by atoms with Gasteiger partial charge in [-0.3, -0.25) is 14.3 Å². The van der Waals surface area contributed by atoms with Crippen molar-refractivity contribution in [3.8, 4) is 17.0 Å². The molecule has 0 amide bonds. The molecule has 3 heterocycles. The first-order valence-corrected chi connectivity index (χ1v) is 10.8. The molecule has 0 saturated carbocycles. The van der Waals surface area contributed by atoms with Crippen LogP contribution in [0.1, 0.15) is 11.7 Å². The Morgan fingerprint density at radius 1 is 1.24 bits per heavy atom. The van der Waals surface area contributed by atoms with Crippen LogP contribution in [0.4, 0.5) is 10.3 Å². The van der Waals surface area contributed by atoms with E-state index in [2.05, 4.69) is 14.9 Å². The average Bonchev–Trinajstić information content (AvgIpc) is 2.81. The lowest BCUT2D eigenvalue weighted by atomic mass is 10.1. The van der Waals surface area contributed by atoms with E-state index in [4.69, 9.17) is 9.47 Å². The number of nitrogens with zero attached hydrogens (tertiary/aromatic N) is 5. The number of ether oxygens (including phenoxy) is 2. The number of morpholine rings is 1. The fraction of sp³-hybridized carbons (Fsp3) is 0.375. The van der Waals surface area contributed by atoms with Crippen molar-refractivity contribution < 1.29 is 13.9 Å². The third kappa shape index (κ3) is 5.37. The normalized spacial score (nSPS) is 16.3. The summed E-state index contributed by atoms with van der Waals surface area (Å²) >= 11 is 0. The molecular weight excluding hydrogens is 425 g/mol. The molecule has 4 rings (SSSR count). The number of hydrogen-bond acceptors (Lipinski definition) is 7. The fourth-order valence-corrected chi connectivity index (χ4v) is 3.69. The predicted molar refractivity (Wildman–Crippen MR) is 124 cm³/mol. The molecule has 1 saturated heterocycles. The van der Waals surface area contributed by atoms with Crippen molar-refractivity contribution in [2.75, 3.05) is 51.8 Å². The van der Waals surface area contributed by atoms with Crippen molar-refractivity contribution in [1.82, 2.24) is 19.4 Å². The van der Waals surface area contributed by atoms with Crippen LogP contribution in [-0.4, -0.2) is 66.4 Å². The first-order valence-electron chi connectivity index (χ1n) is 10.8. The molecule has 8 nitrogen and oxygen atoms in total. The highest BCUT2D eigenvalue weighted by Crippen LogP contribution is 2.27. The lowest BCUT2D eigenvalue weighted by Gasteiger charge is -2.34. The van der Waals surface area contributed by atoms with Crippen LogP contribution in [0, 0.1) is 5.82 Å². The number of hydrogen-bond donors (Lipinski definition) is 0. The molecule has 0 radical (unpaired) electrons. The Morgan fingerprint density at radius 2 is 2.03 bits per heavy atom. The summed E-state index contributed by atoms with van der Waals surface area (Å²) in [5.74, 6) is 0.770. The maximum absolute atomic E-state index is 14.3. The van der Waals surface area contributed by atoms with E-state index in [1.807, 2.05) is 43.3 Å². The summed E-state index contributed by atoms with van der Waals surface area (Å²) in [4.78, 5) is 25.1. The minimum atomic E-state index is -0.517. The van der Waals surface area contributed by atoms with E-state index < -0.39 is 5.82 Å². The summed E-state index contributed by atoms with van der Waals surface area (Å²) < 4.78 is 27.5. The van der Waals surface area contributed by atoms with Gasteiger partial charge in [0.15, 0.2) is 5.82 Å². The molecule has 9 heteroatoms. The van der Waals surface area contributed by atoms with Gasteiger partial charge in [-0.2, -0.15) is 0 Å². The Morgan fingerprint density at radius 3 is 2.76 bits per heavy atom. The van der Waals surface area contributed by atoms with Crippen LogP contribution in [0.25, 0.3) is 11.3 Å². The zero-order valence-electron chi connectivity index (χ0n) is 19.1. The Balaban J connectivity index is 1.53. The van der Waals surface area contributed by atoms with E-state index in [9.17, 15) is 9.18 Å².